The Bertz CT molecular complexity index is 757. The summed E-state index contributed by atoms with van der Waals surface area (Å²) in [7, 11) is 0. The quantitative estimate of drug-likeness (QED) is 0.839. The van der Waals surface area contributed by atoms with E-state index in [2.05, 4.69) is 16.9 Å². The van der Waals surface area contributed by atoms with Crippen LogP contribution in [0.5, 0.6) is 0 Å². The van der Waals surface area contributed by atoms with Gasteiger partial charge in [0.15, 0.2) is 0 Å². The summed E-state index contributed by atoms with van der Waals surface area (Å²) in [5.41, 5.74) is 1.52. The molecule has 0 bridgehead atoms. The summed E-state index contributed by atoms with van der Waals surface area (Å²) in [6, 6.07) is 9.87. The van der Waals surface area contributed by atoms with E-state index in [-0.39, 0.29) is 17.7 Å². The van der Waals surface area contributed by atoms with Gasteiger partial charge >= 0.3 is 0 Å². The molecule has 0 spiro atoms. The normalized spacial score (nSPS) is 17.1. The zero-order valence-electron chi connectivity index (χ0n) is 14.0. The Labute approximate surface area is 151 Å². The van der Waals surface area contributed by atoms with Crippen LogP contribution < -0.4 is 5.32 Å². The van der Waals surface area contributed by atoms with Crippen LogP contribution in [0.15, 0.2) is 48.4 Å². The van der Waals surface area contributed by atoms with E-state index < -0.39 is 0 Å². The van der Waals surface area contributed by atoms with Gasteiger partial charge in [0.05, 0.1) is 0 Å². The summed E-state index contributed by atoms with van der Waals surface area (Å²) in [5, 5.41) is 5.50. The van der Waals surface area contributed by atoms with E-state index in [4.69, 9.17) is 0 Å². The van der Waals surface area contributed by atoms with Gasteiger partial charge in [0.1, 0.15) is 10.7 Å². The number of carbonyl (C=O) groups is 2. The number of aromatic nitrogens is 1. The van der Waals surface area contributed by atoms with Gasteiger partial charge in [-0.2, -0.15) is 0 Å². The predicted octanol–water partition coefficient (Wildman–Crippen LogP) is 2.96. The van der Waals surface area contributed by atoms with Gasteiger partial charge in [-0.05, 0) is 24.8 Å². The second kappa shape index (κ2) is 8.07. The number of nitrogens with one attached hydrogen (secondary N) is 1. The minimum absolute atomic E-state index is 0.0295. The molecule has 0 radical (unpaired) electrons. The Morgan fingerprint density at radius 1 is 1.36 bits per heavy atom. The molecular formula is C19H21N3O2S. The minimum atomic E-state index is -0.171. The van der Waals surface area contributed by atoms with Gasteiger partial charge in [-0.1, -0.05) is 36.9 Å². The summed E-state index contributed by atoms with van der Waals surface area (Å²) >= 11 is 1.49. The van der Waals surface area contributed by atoms with Crippen LogP contribution in [-0.2, 0) is 4.79 Å². The van der Waals surface area contributed by atoms with Crippen LogP contribution in [0, 0.1) is 5.92 Å². The van der Waals surface area contributed by atoms with Crippen molar-refractivity contribution in [3.8, 4) is 10.6 Å². The van der Waals surface area contributed by atoms with Gasteiger partial charge in [0, 0.05) is 30.6 Å². The van der Waals surface area contributed by atoms with E-state index >= 15 is 0 Å². The number of rotatable bonds is 5. The standard InChI is InChI=1S/C19H21N3O2S/c1-2-17(23)20-11-14-7-6-10-22(12-14)19(24)16-13-25-18(21-16)15-8-4-3-5-9-15/h2-5,8-9,13-14H,1,6-7,10-12H2,(H,20,23)/t14-/m1/s1. The Morgan fingerprint density at radius 3 is 2.92 bits per heavy atom. The molecule has 3 rings (SSSR count). The van der Waals surface area contributed by atoms with Crippen molar-refractivity contribution >= 4 is 23.2 Å². The second-order valence-electron chi connectivity index (χ2n) is 6.11. The Hall–Kier alpha value is -2.47. The number of benzene rings is 1. The molecule has 1 saturated heterocycles. The number of thiazole rings is 1. The smallest absolute Gasteiger partial charge is 0.273 e. The summed E-state index contributed by atoms with van der Waals surface area (Å²) in [4.78, 5) is 30.4. The lowest BCUT2D eigenvalue weighted by molar-refractivity contribution is -0.116. The van der Waals surface area contributed by atoms with Gasteiger partial charge in [-0.3, -0.25) is 9.59 Å². The second-order valence-corrected chi connectivity index (χ2v) is 6.97. The monoisotopic (exact) mass is 355 g/mol. The maximum absolute atomic E-state index is 12.8. The Morgan fingerprint density at radius 2 is 2.16 bits per heavy atom. The molecule has 25 heavy (non-hydrogen) atoms. The van der Waals surface area contributed by atoms with Crippen molar-refractivity contribution in [1.29, 1.82) is 0 Å². The number of amides is 2. The van der Waals surface area contributed by atoms with Gasteiger partial charge in [-0.25, -0.2) is 4.98 Å². The molecule has 1 N–H and O–H groups in total. The first-order valence-corrected chi connectivity index (χ1v) is 9.26. The van der Waals surface area contributed by atoms with E-state index in [1.807, 2.05) is 40.6 Å². The molecule has 1 aromatic heterocycles. The van der Waals surface area contributed by atoms with E-state index in [0.29, 0.717) is 18.8 Å². The maximum Gasteiger partial charge on any atom is 0.273 e. The average molecular weight is 355 g/mol. The number of likely N-dealkylation sites (tertiary alicyclic amines) is 1. The highest BCUT2D eigenvalue weighted by Gasteiger charge is 2.26. The van der Waals surface area contributed by atoms with Crippen LogP contribution in [0.1, 0.15) is 23.3 Å². The van der Waals surface area contributed by atoms with Crippen molar-refractivity contribution in [2.75, 3.05) is 19.6 Å². The molecule has 2 amide bonds. The predicted molar refractivity (Wildman–Crippen MR) is 99.4 cm³/mol. The summed E-state index contributed by atoms with van der Waals surface area (Å²) in [6.07, 6.45) is 3.22. The molecule has 5 nitrogen and oxygen atoms in total. The van der Waals surface area contributed by atoms with Gasteiger partial charge in [0.25, 0.3) is 5.91 Å². The molecule has 2 aromatic rings. The molecule has 0 saturated carbocycles. The zero-order chi connectivity index (χ0) is 17.6. The van der Waals surface area contributed by atoms with Crippen LogP contribution in [0.4, 0.5) is 0 Å². The maximum atomic E-state index is 12.8. The van der Waals surface area contributed by atoms with Crippen molar-refractivity contribution < 1.29 is 9.59 Å². The van der Waals surface area contributed by atoms with E-state index in [1.165, 1.54) is 17.4 Å². The van der Waals surface area contributed by atoms with Crippen molar-refractivity contribution in [2.24, 2.45) is 5.92 Å². The lowest BCUT2D eigenvalue weighted by Crippen LogP contribution is -2.43. The van der Waals surface area contributed by atoms with Gasteiger partial charge in [-0.15, -0.1) is 11.3 Å². The highest BCUT2D eigenvalue weighted by molar-refractivity contribution is 7.13. The summed E-state index contributed by atoms with van der Waals surface area (Å²) in [6.45, 7) is 5.41. The molecule has 0 aliphatic carbocycles. The molecule has 2 heterocycles. The van der Waals surface area contributed by atoms with Crippen molar-refractivity contribution in [3.05, 3.63) is 54.1 Å². The van der Waals surface area contributed by atoms with Crippen molar-refractivity contribution in [3.63, 3.8) is 0 Å². The van der Waals surface area contributed by atoms with Crippen LogP contribution in [0.25, 0.3) is 10.6 Å². The van der Waals surface area contributed by atoms with Crippen LogP contribution in [0.2, 0.25) is 0 Å². The van der Waals surface area contributed by atoms with Crippen LogP contribution in [-0.4, -0.2) is 41.3 Å². The molecule has 130 valence electrons. The van der Waals surface area contributed by atoms with E-state index in [1.54, 1.807) is 0 Å². The third-order valence-corrected chi connectivity index (χ3v) is 5.19. The number of carbonyl (C=O) groups excluding carboxylic acids is 2. The Balaban J connectivity index is 1.63. The largest absolute Gasteiger partial charge is 0.352 e. The molecule has 0 unspecified atom stereocenters. The molecule has 6 heteroatoms. The number of hydrogen-bond acceptors (Lipinski definition) is 4. The van der Waals surface area contributed by atoms with Crippen molar-refractivity contribution in [2.45, 2.75) is 12.8 Å². The fourth-order valence-electron chi connectivity index (χ4n) is 2.98. The topological polar surface area (TPSA) is 62.3 Å². The molecule has 1 aliphatic rings. The SMILES string of the molecule is C=CC(=O)NC[C@H]1CCCN(C(=O)c2csc(-c3ccccc3)n2)C1. The van der Waals surface area contributed by atoms with E-state index in [9.17, 15) is 9.59 Å². The fourth-order valence-corrected chi connectivity index (χ4v) is 3.78. The number of hydrogen-bond donors (Lipinski definition) is 1. The number of nitrogens with zero attached hydrogens (tertiary/aromatic N) is 2. The lowest BCUT2D eigenvalue weighted by Gasteiger charge is -2.32. The minimum Gasteiger partial charge on any atom is -0.352 e. The fraction of sp³-hybridized carbons (Fsp3) is 0.316. The van der Waals surface area contributed by atoms with E-state index in [0.717, 1.165) is 30.0 Å². The first-order valence-electron chi connectivity index (χ1n) is 8.38. The van der Waals surface area contributed by atoms with Crippen molar-refractivity contribution in [1.82, 2.24) is 15.2 Å². The lowest BCUT2D eigenvalue weighted by atomic mass is 9.97. The Kier molecular flexibility index (Phi) is 5.60. The van der Waals surface area contributed by atoms with Crippen LogP contribution >= 0.6 is 11.3 Å². The summed E-state index contributed by atoms with van der Waals surface area (Å²) < 4.78 is 0. The third-order valence-electron chi connectivity index (χ3n) is 4.30. The molecule has 1 fully saturated rings. The summed E-state index contributed by atoms with van der Waals surface area (Å²) in [5.74, 6) is 0.0717. The molecule has 1 aliphatic heterocycles. The average Bonchev–Trinajstić information content (AvgIpc) is 3.16. The van der Waals surface area contributed by atoms with Crippen LogP contribution in [0.3, 0.4) is 0 Å². The molecule has 1 aromatic carbocycles. The molecule has 1 atom stereocenters. The van der Waals surface area contributed by atoms with Gasteiger partial charge < -0.3 is 10.2 Å². The number of piperidine rings is 1. The molecular weight excluding hydrogens is 334 g/mol. The first kappa shape index (κ1) is 17.4. The highest BCUT2D eigenvalue weighted by Crippen LogP contribution is 2.25. The van der Waals surface area contributed by atoms with Gasteiger partial charge in [0.2, 0.25) is 5.91 Å². The zero-order valence-corrected chi connectivity index (χ0v) is 14.8. The first-order chi connectivity index (χ1) is 12.2. The third kappa shape index (κ3) is 4.33. The highest BCUT2D eigenvalue weighted by atomic mass is 32.1.